The highest BCUT2D eigenvalue weighted by molar-refractivity contribution is 7.80. The predicted octanol–water partition coefficient (Wildman–Crippen LogP) is 0.0131. The minimum Gasteiger partial charge on any atom is -0.481 e. The topological polar surface area (TPSA) is 182 Å². The second-order valence-electron chi connectivity index (χ2n) is 9.33. The Kier molecular flexibility index (Phi) is 12.7. The van der Waals surface area contributed by atoms with Crippen LogP contribution in [0.5, 0.6) is 0 Å². The third-order valence-corrected chi connectivity index (χ3v) is 6.61. The van der Waals surface area contributed by atoms with Crippen molar-refractivity contribution in [2.24, 2.45) is 11.8 Å². The zero-order valence-corrected chi connectivity index (χ0v) is 22.0. The number of carbonyl (C=O) groups is 6. The number of rotatable bonds is 14. The Morgan fingerprint density at radius 1 is 0.972 bits per heavy atom. The third-order valence-electron chi connectivity index (χ3n) is 6.24. The fraction of sp³-hybridized carbons (Fsp3) is 0.739. The van der Waals surface area contributed by atoms with Crippen LogP contribution in [0.15, 0.2) is 0 Å². The first kappa shape index (κ1) is 31.2. The number of carboxylic acids is 2. The Labute approximate surface area is 216 Å². The van der Waals surface area contributed by atoms with E-state index in [0.717, 1.165) is 0 Å². The van der Waals surface area contributed by atoms with E-state index in [0.29, 0.717) is 19.3 Å². The number of likely N-dealkylation sites (tertiary alicyclic amines) is 1. The molecule has 1 heterocycles. The molecule has 0 aromatic carbocycles. The zero-order chi connectivity index (χ0) is 27.6. The second kappa shape index (κ2) is 14.7. The van der Waals surface area contributed by atoms with E-state index < -0.39 is 59.7 Å². The second-order valence-corrected chi connectivity index (χ2v) is 9.69. The van der Waals surface area contributed by atoms with E-state index in [1.807, 2.05) is 6.92 Å². The van der Waals surface area contributed by atoms with Gasteiger partial charge in [0.05, 0.1) is 6.42 Å². The lowest BCUT2D eigenvalue weighted by Crippen LogP contribution is -2.59. The molecule has 0 radical (unpaired) electrons. The Morgan fingerprint density at radius 2 is 1.61 bits per heavy atom. The molecule has 13 heteroatoms. The Bertz CT molecular complexity index is 837. The smallest absolute Gasteiger partial charge is 0.327 e. The molecule has 0 saturated carbocycles. The summed E-state index contributed by atoms with van der Waals surface area (Å²) in [6.07, 6.45) is 0.779. The van der Waals surface area contributed by atoms with Crippen molar-refractivity contribution in [3.63, 3.8) is 0 Å². The summed E-state index contributed by atoms with van der Waals surface area (Å²) in [5, 5.41) is 25.7. The van der Waals surface area contributed by atoms with Gasteiger partial charge in [-0.25, -0.2) is 4.79 Å². The number of hydrogen-bond donors (Lipinski definition) is 6. The SMILES string of the molecule is CC[C@H](C)[C@H](NC(=O)CCC(=O)O)C(=O)N[C@H](C(=O)N1CCC[C@H]1C(=O)N[C@@H](CS)C(=O)O)C(C)C. The highest BCUT2D eigenvalue weighted by atomic mass is 32.1. The number of nitrogens with one attached hydrogen (secondary N) is 3. The van der Waals surface area contributed by atoms with E-state index in [1.165, 1.54) is 4.90 Å². The van der Waals surface area contributed by atoms with E-state index in [-0.39, 0.29) is 37.0 Å². The summed E-state index contributed by atoms with van der Waals surface area (Å²) in [6.45, 7) is 7.34. The monoisotopic (exact) mass is 530 g/mol. The van der Waals surface area contributed by atoms with Gasteiger partial charge in [0.25, 0.3) is 0 Å². The van der Waals surface area contributed by atoms with Gasteiger partial charge in [-0.1, -0.05) is 34.1 Å². The third kappa shape index (κ3) is 8.99. The van der Waals surface area contributed by atoms with Gasteiger partial charge < -0.3 is 31.1 Å². The van der Waals surface area contributed by atoms with Crippen LogP contribution in [0.25, 0.3) is 0 Å². The normalized spacial score (nSPS) is 18.6. The van der Waals surface area contributed by atoms with Crippen LogP contribution in [-0.4, -0.2) is 87.1 Å². The molecular weight excluding hydrogens is 492 g/mol. The van der Waals surface area contributed by atoms with E-state index in [1.54, 1.807) is 20.8 Å². The molecule has 204 valence electrons. The van der Waals surface area contributed by atoms with Gasteiger partial charge in [-0.3, -0.25) is 24.0 Å². The molecule has 1 saturated heterocycles. The fourth-order valence-corrected chi connectivity index (χ4v) is 4.11. The summed E-state index contributed by atoms with van der Waals surface area (Å²) >= 11 is 3.94. The molecule has 1 aliphatic heterocycles. The first-order valence-corrected chi connectivity index (χ1v) is 12.7. The highest BCUT2D eigenvalue weighted by Crippen LogP contribution is 2.21. The molecule has 0 aliphatic carbocycles. The molecule has 5 atom stereocenters. The van der Waals surface area contributed by atoms with Gasteiger partial charge in [-0.2, -0.15) is 12.6 Å². The number of carbonyl (C=O) groups excluding carboxylic acids is 4. The molecule has 1 rings (SSSR count). The van der Waals surface area contributed by atoms with Crippen molar-refractivity contribution < 1.29 is 39.0 Å². The van der Waals surface area contributed by atoms with Crippen LogP contribution in [0.2, 0.25) is 0 Å². The summed E-state index contributed by atoms with van der Waals surface area (Å²) in [4.78, 5) is 74.9. The molecular formula is C23H38N4O8S. The molecule has 5 N–H and O–H groups in total. The van der Waals surface area contributed by atoms with Crippen molar-refractivity contribution >= 4 is 48.2 Å². The summed E-state index contributed by atoms with van der Waals surface area (Å²) in [6, 6.07) is -4.04. The van der Waals surface area contributed by atoms with Crippen LogP contribution in [0.1, 0.15) is 59.8 Å². The largest absolute Gasteiger partial charge is 0.481 e. The van der Waals surface area contributed by atoms with E-state index in [4.69, 9.17) is 5.11 Å². The number of amides is 4. The average Bonchev–Trinajstić information content (AvgIpc) is 3.31. The summed E-state index contributed by atoms with van der Waals surface area (Å²) < 4.78 is 0. The van der Waals surface area contributed by atoms with Gasteiger partial charge in [0.2, 0.25) is 23.6 Å². The maximum Gasteiger partial charge on any atom is 0.327 e. The van der Waals surface area contributed by atoms with Gasteiger partial charge in [0.15, 0.2) is 0 Å². The number of nitrogens with zero attached hydrogens (tertiary/aromatic N) is 1. The van der Waals surface area contributed by atoms with Gasteiger partial charge in [-0.05, 0) is 24.7 Å². The van der Waals surface area contributed by atoms with Crippen molar-refractivity contribution in [1.82, 2.24) is 20.9 Å². The number of hydrogen-bond acceptors (Lipinski definition) is 7. The highest BCUT2D eigenvalue weighted by Gasteiger charge is 2.40. The molecule has 36 heavy (non-hydrogen) atoms. The molecule has 0 aromatic heterocycles. The van der Waals surface area contributed by atoms with Crippen molar-refractivity contribution in [3.8, 4) is 0 Å². The molecule has 1 aliphatic rings. The Hall–Kier alpha value is -2.83. The van der Waals surface area contributed by atoms with Crippen LogP contribution >= 0.6 is 12.6 Å². The van der Waals surface area contributed by atoms with E-state index in [9.17, 15) is 33.9 Å². The molecule has 0 unspecified atom stereocenters. The predicted molar refractivity (Wildman–Crippen MR) is 133 cm³/mol. The molecule has 0 spiro atoms. The molecule has 0 bridgehead atoms. The van der Waals surface area contributed by atoms with Crippen molar-refractivity contribution in [2.45, 2.75) is 84.0 Å². The van der Waals surface area contributed by atoms with Gasteiger partial charge in [0, 0.05) is 18.7 Å². The van der Waals surface area contributed by atoms with Crippen molar-refractivity contribution in [1.29, 1.82) is 0 Å². The minimum absolute atomic E-state index is 0.110. The molecule has 4 amide bonds. The van der Waals surface area contributed by atoms with E-state index >= 15 is 0 Å². The quantitative estimate of drug-likeness (QED) is 0.170. The first-order valence-electron chi connectivity index (χ1n) is 12.1. The lowest BCUT2D eigenvalue weighted by atomic mass is 9.96. The van der Waals surface area contributed by atoms with Gasteiger partial charge in [0.1, 0.15) is 24.2 Å². The maximum absolute atomic E-state index is 13.4. The van der Waals surface area contributed by atoms with Crippen LogP contribution in [0, 0.1) is 11.8 Å². The summed E-state index contributed by atoms with van der Waals surface area (Å²) in [5.74, 6) is -5.36. The first-order chi connectivity index (χ1) is 16.8. The van der Waals surface area contributed by atoms with Crippen molar-refractivity contribution in [2.75, 3.05) is 12.3 Å². The Morgan fingerprint density at radius 3 is 2.11 bits per heavy atom. The number of thiol groups is 1. The Balaban J connectivity index is 3.01. The molecule has 12 nitrogen and oxygen atoms in total. The average molecular weight is 531 g/mol. The number of aliphatic carboxylic acids is 2. The minimum atomic E-state index is -1.23. The number of carboxylic acid groups (broad SMARTS) is 2. The standard InChI is InChI=1S/C23H38N4O8S/c1-5-13(4)19(25-16(28)8-9-17(29)30)21(32)26-18(12(2)3)22(33)27-10-6-7-15(27)20(31)24-14(11-36)23(34)35/h12-15,18-19,36H,5-11H2,1-4H3,(H,24,31)(H,25,28)(H,26,32)(H,29,30)(H,34,35)/t13-,14-,15-,18-,19-/m0/s1. The molecule has 1 fully saturated rings. The lowest BCUT2D eigenvalue weighted by molar-refractivity contribution is -0.145. The zero-order valence-electron chi connectivity index (χ0n) is 21.2. The van der Waals surface area contributed by atoms with E-state index in [2.05, 4.69) is 28.6 Å². The molecule has 0 aromatic rings. The maximum atomic E-state index is 13.4. The van der Waals surface area contributed by atoms with Crippen molar-refractivity contribution in [3.05, 3.63) is 0 Å². The van der Waals surface area contributed by atoms with Crippen LogP contribution in [0.3, 0.4) is 0 Å². The van der Waals surface area contributed by atoms with Crippen LogP contribution < -0.4 is 16.0 Å². The van der Waals surface area contributed by atoms with Crippen LogP contribution in [0.4, 0.5) is 0 Å². The summed E-state index contributed by atoms with van der Waals surface area (Å²) in [7, 11) is 0. The summed E-state index contributed by atoms with van der Waals surface area (Å²) in [5.41, 5.74) is 0. The fourth-order valence-electron chi connectivity index (χ4n) is 3.86. The van der Waals surface area contributed by atoms with Gasteiger partial charge >= 0.3 is 11.9 Å². The van der Waals surface area contributed by atoms with Gasteiger partial charge in [-0.15, -0.1) is 0 Å². The van der Waals surface area contributed by atoms with Crippen LogP contribution in [-0.2, 0) is 28.8 Å². The lowest BCUT2D eigenvalue weighted by Gasteiger charge is -2.32.